The maximum Gasteiger partial charge on any atom is 0.251 e. The first kappa shape index (κ1) is 15.4. The van der Waals surface area contributed by atoms with Crippen molar-refractivity contribution in [3.05, 3.63) is 77.2 Å². The monoisotopic (exact) mass is 321 g/mol. The van der Waals surface area contributed by atoms with Gasteiger partial charge >= 0.3 is 0 Å². The van der Waals surface area contributed by atoms with Crippen molar-refractivity contribution >= 4 is 5.91 Å². The fraction of sp³-hybridized carbons (Fsp3) is 0.0556. The van der Waals surface area contributed by atoms with Crippen molar-refractivity contribution < 1.29 is 13.7 Å². The van der Waals surface area contributed by atoms with Gasteiger partial charge in [-0.05, 0) is 48.5 Å². The summed E-state index contributed by atoms with van der Waals surface area (Å²) in [6.07, 6.45) is 0. The summed E-state index contributed by atoms with van der Waals surface area (Å²) in [6.45, 7) is 0.198. The lowest BCUT2D eigenvalue weighted by molar-refractivity contribution is 0.0950. The van der Waals surface area contributed by atoms with E-state index in [0.717, 1.165) is 0 Å². The average Bonchev–Trinajstić information content (AvgIpc) is 3.09. The first-order valence-electron chi connectivity index (χ1n) is 7.15. The molecule has 0 aliphatic carbocycles. The largest absolute Gasteiger partial charge is 0.356 e. The van der Waals surface area contributed by atoms with Crippen LogP contribution in [0.1, 0.15) is 21.6 Å². The summed E-state index contributed by atoms with van der Waals surface area (Å²) in [4.78, 5) is 12.0. The number of carbonyl (C=O) groups is 1. The minimum absolute atomic E-state index is 0.198. The molecule has 0 spiro atoms. The number of hydrogen-bond donors (Lipinski definition) is 1. The quantitative estimate of drug-likeness (QED) is 0.800. The van der Waals surface area contributed by atoms with Gasteiger partial charge in [0.05, 0.1) is 18.2 Å². The molecule has 0 atom stereocenters. The zero-order chi connectivity index (χ0) is 16.9. The van der Waals surface area contributed by atoms with E-state index >= 15 is 0 Å². The third-order valence-electron chi connectivity index (χ3n) is 3.39. The number of amides is 1. The van der Waals surface area contributed by atoms with Gasteiger partial charge in [0, 0.05) is 17.2 Å². The first-order chi connectivity index (χ1) is 11.7. The smallest absolute Gasteiger partial charge is 0.251 e. The third-order valence-corrected chi connectivity index (χ3v) is 3.39. The van der Waals surface area contributed by atoms with Crippen LogP contribution in [0, 0.1) is 17.1 Å². The highest BCUT2D eigenvalue weighted by atomic mass is 19.1. The van der Waals surface area contributed by atoms with E-state index in [9.17, 15) is 9.18 Å². The Kier molecular flexibility index (Phi) is 4.34. The van der Waals surface area contributed by atoms with Gasteiger partial charge < -0.3 is 9.84 Å². The molecular weight excluding hydrogens is 309 g/mol. The van der Waals surface area contributed by atoms with Crippen LogP contribution < -0.4 is 5.32 Å². The van der Waals surface area contributed by atoms with E-state index < -0.39 is 0 Å². The number of rotatable bonds is 4. The number of benzene rings is 2. The molecule has 0 unspecified atom stereocenters. The van der Waals surface area contributed by atoms with E-state index in [4.69, 9.17) is 9.78 Å². The molecule has 0 saturated heterocycles. The zero-order valence-corrected chi connectivity index (χ0v) is 12.5. The van der Waals surface area contributed by atoms with Crippen molar-refractivity contribution in [1.82, 2.24) is 10.5 Å². The number of nitrogens with zero attached hydrogens (tertiary/aromatic N) is 2. The lowest BCUT2D eigenvalue weighted by atomic mass is 10.1. The van der Waals surface area contributed by atoms with Crippen LogP contribution in [0.3, 0.4) is 0 Å². The molecule has 5 nitrogen and oxygen atoms in total. The van der Waals surface area contributed by atoms with Crippen molar-refractivity contribution in [3.8, 4) is 17.4 Å². The van der Waals surface area contributed by atoms with Gasteiger partial charge in [-0.15, -0.1) is 0 Å². The first-order valence-corrected chi connectivity index (χ1v) is 7.15. The van der Waals surface area contributed by atoms with E-state index in [0.29, 0.717) is 28.1 Å². The Balaban J connectivity index is 1.63. The van der Waals surface area contributed by atoms with Crippen LogP contribution in [0.2, 0.25) is 0 Å². The Hall–Kier alpha value is -3.46. The molecule has 1 heterocycles. The summed E-state index contributed by atoms with van der Waals surface area (Å²) in [7, 11) is 0. The van der Waals surface area contributed by atoms with Gasteiger partial charge in [-0.2, -0.15) is 5.26 Å². The lowest BCUT2D eigenvalue weighted by Crippen LogP contribution is -2.22. The van der Waals surface area contributed by atoms with Crippen LogP contribution in [0.25, 0.3) is 11.3 Å². The number of hydrogen-bond acceptors (Lipinski definition) is 4. The van der Waals surface area contributed by atoms with Crippen LogP contribution in [-0.2, 0) is 6.54 Å². The van der Waals surface area contributed by atoms with Gasteiger partial charge in [0.2, 0.25) is 0 Å². The van der Waals surface area contributed by atoms with Gasteiger partial charge in [-0.3, -0.25) is 4.79 Å². The number of aromatic nitrogens is 1. The molecule has 2 aromatic carbocycles. The Morgan fingerprint density at radius 3 is 2.54 bits per heavy atom. The highest BCUT2D eigenvalue weighted by Gasteiger charge is 2.09. The molecule has 3 rings (SSSR count). The Morgan fingerprint density at radius 2 is 1.88 bits per heavy atom. The predicted molar refractivity (Wildman–Crippen MR) is 84.2 cm³/mol. The Morgan fingerprint density at radius 1 is 1.17 bits per heavy atom. The molecule has 3 aromatic rings. The molecule has 0 radical (unpaired) electrons. The van der Waals surface area contributed by atoms with E-state index in [1.54, 1.807) is 42.5 Å². The van der Waals surface area contributed by atoms with Crippen LogP contribution in [0.5, 0.6) is 0 Å². The van der Waals surface area contributed by atoms with Crippen LogP contribution in [0.4, 0.5) is 4.39 Å². The van der Waals surface area contributed by atoms with Crippen molar-refractivity contribution in [2.75, 3.05) is 0 Å². The second-order valence-electron chi connectivity index (χ2n) is 5.06. The number of nitrogens with one attached hydrogen (secondary N) is 1. The highest BCUT2D eigenvalue weighted by molar-refractivity contribution is 5.94. The zero-order valence-electron chi connectivity index (χ0n) is 12.5. The van der Waals surface area contributed by atoms with Crippen molar-refractivity contribution in [1.29, 1.82) is 5.26 Å². The standard InChI is InChI=1S/C18H12FN3O2/c19-15-7-5-13(6-8-15)17-9-16(22-24-17)11-21-18(23)14-3-1-12(10-20)2-4-14/h1-9H,11H2,(H,21,23). The molecule has 1 aromatic heterocycles. The van der Waals surface area contributed by atoms with Crippen LogP contribution in [0.15, 0.2) is 59.1 Å². The highest BCUT2D eigenvalue weighted by Crippen LogP contribution is 2.20. The van der Waals surface area contributed by atoms with E-state index in [1.165, 1.54) is 12.1 Å². The molecule has 0 aliphatic rings. The number of carbonyl (C=O) groups excluding carboxylic acids is 1. The van der Waals surface area contributed by atoms with Gasteiger partial charge in [0.15, 0.2) is 5.76 Å². The minimum atomic E-state index is -0.326. The van der Waals surface area contributed by atoms with Crippen molar-refractivity contribution in [2.45, 2.75) is 6.54 Å². The van der Waals surface area contributed by atoms with Crippen LogP contribution >= 0.6 is 0 Å². The molecule has 0 saturated carbocycles. The van der Waals surface area contributed by atoms with E-state index in [-0.39, 0.29) is 18.3 Å². The summed E-state index contributed by atoms with van der Waals surface area (Å²) in [6, 6.07) is 15.9. The molecule has 118 valence electrons. The molecule has 1 amide bonds. The van der Waals surface area contributed by atoms with E-state index in [2.05, 4.69) is 10.5 Å². The average molecular weight is 321 g/mol. The third kappa shape index (κ3) is 3.47. The summed E-state index contributed by atoms with van der Waals surface area (Å²) in [5.74, 6) is -0.100. The molecule has 1 N–H and O–H groups in total. The van der Waals surface area contributed by atoms with E-state index in [1.807, 2.05) is 6.07 Å². The van der Waals surface area contributed by atoms with Crippen molar-refractivity contribution in [3.63, 3.8) is 0 Å². The normalized spacial score (nSPS) is 10.2. The molecule has 0 fully saturated rings. The minimum Gasteiger partial charge on any atom is -0.356 e. The Bertz CT molecular complexity index is 893. The molecule has 0 bridgehead atoms. The van der Waals surface area contributed by atoms with Gasteiger partial charge in [0.25, 0.3) is 5.91 Å². The van der Waals surface area contributed by atoms with Crippen LogP contribution in [-0.4, -0.2) is 11.1 Å². The lowest BCUT2D eigenvalue weighted by Gasteiger charge is -2.02. The summed E-state index contributed by atoms with van der Waals surface area (Å²) < 4.78 is 18.1. The summed E-state index contributed by atoms with van der Waals surface area (Å²) in [5.41, 5.74) is 2.20. The maximum atomic E-state index is 12.9. The topological polar surface area (TPSA) is 78.9 Å². The second kappa shape index (κ2) is 6.75. The van der Waals surface area contributed by atoms with Gasteiger partial charge in [0.1, 0.15) is 11.5 Å². The maximum absolute atomic E-state index is 12.9. The molecule has 24 heavy (non-hydrogen) atoms. The molecular formula is C18H12FN3O2. The second-order valence-corrected chi connectivity index (χ2v) is 5.06. The fourth-order valence-corrected chi connectivity index (χ4v) is 2.11. The number of nitriles is 1. The Labute approximate surface area is 137 Å². The number of halogens is 1. The predicted octanol–water partition coefficient (Wildman–Crippen LogP) is 3.28. The molecule has 0 aliphatic heterocycles. The fourth-order valence-electron chi connectivity index (χ4n) is 2.11. The van der Waals surface area contributed by atoms with Gasteiger partial charge in [-0.25, -0.2) is 4.39 Å². The van der Waals surface area contributed by atoms with Crippen molar-refractivity contribution in [2.24, 2.45) is 0 Å². The summed E-state index contributed by atoms with van der Waals surface area (Å²) >= 11 is 0. The van der Waals surface area contributed by atoms with Gasteiger partial charge in [-0.1, -0.05) is 5.16 Å². The SMILES string of the molecule is N#Cc1ccc(C(=O)NCc2cc(-c3ccc(F)cc3)on2)cc1. The molecule has 6 heteroatoms. The summed E-state index contributed by atoms with van der Waals surface area (Å²) in [5, 5.41) is 15.3.